The average molecular weight is 394 g/mol. The van der Waals surface area contributed by atoms with Crippen LogP contribution >= 0.6 is 0 Å². The van der Waals surface area contributed by atoms with Crippen LogP contribution in [0.1, 0.15) is 29.8 Å². The van der Waals surface area contributed by atoms with Crippen LogP contribution in [0, 0.1) is 18.8 Å². The number of nitrogens with zero attached hydrogens (tertiary/aromatic N) is 5. The fourth-order valence-corrected chi connectivity index (χ4v) is 3.76. The number of hydrogen-bond donors (Lipinski definition) is 1. The van der Waals surface area contributed by atoms with Gasteiger partial charge in [-0.25, -0.2) is 4.68 Å². The van der Waals surface area contributed by atoms with Crippen LogP contribution in [0.3, 0.4) is 0 Å². The number of aryl methyl sites for hydroxylation is 3. The molecule has 1 N–H and O–H groups in total. The Morgan fingerprint density at radius 3 is 2.83 bits per heavy atom. The van der Waals surface area contributed by atoms with Gasteiger partial charge in [0.1, 0.15) is 5.69 Å². The lowest BCUT2D eigenvalue weighted by Gasteiger charge is -2.10. The van der Waals surface area contributed by atoms with Crippen LogP contribution in [0.2, 0.25) is 0 Å². The van der Waals surface area contributed by atoms with Crippen molar-refractivity contribution in [3.63, 3.8) is 0 Å². The van der Waals surface area contributed by atoms with E-state index >= 15 is 0 Å². The van der Waals surface area contributed by atoms with E-state index in [4.69, 9.17) is 4.74 Å². The molecule has 3 atom stereocenters. The van der Waals surface area contributed by atoms with E-state index in [1.165, 1.54) is 4.68 Å². The highest BCUT2D eigenvalue weighted by atomic mass is 16.5. The second-order valence-corrected chi connectivity index (χ2v) is 7.76. The van der Waals surface area contributed by atoms with Crippen molar-refractivity contribution in [3.8, 4) is 5.88 Å². The minimum absolute atomic E-state index is 0.192. The van der Waals surface area contributed by atoms with Gasteiger partial charge >= 0.3 is 0 Å². The molecule has 3 unspecified atom stereocenters. The maximum absolute atomic E-state index is 12.4. The summed E-state index contributed by atoms with van der Waals surface area (Å²) in [7, 11) is 3.49. The summed E-state index contributed by atoms with van der Waals surface area (Å²) >= 11 is 0. The number of pyridine rings is 1. The molecule has 0 saturated heterocycles. The van der Waals surface area contributed by atoms with Gasteiger partial charge in [0.05, 0.1) is 12.8 Å². The van der Waals surface area contributed by atoms with Crippen molar-refractivity contribution in [1.29, 1.82) is 0 Å². The zero-order chi connectivity index (χ0) is 20.5. The summed E-state index contributed by atoms with van der Waals surface area (Å²) in [5.41, 5.74) is 3.42. The van der Waals surface area contributed by atoms with Crippen molar-refractivity contribution >= 4 is 5.69 Å². The summed E-state index contributed by atoms with van der Waals surface area (Å²) in [6.07, 6.45) is 3.67. The van der Waals surface area contributed by atoms with Crippen LogP contribution in [0.5, 0.6) is 5.88 Å². The van der Waals surface area contributed by atoms with E-state index in [2.05, 4.69) is 39.6 Å². The van der Waals surface area contributed by atoms with Gasteiger partial charge in [0.25, 0.3) is 5.56 Å². The summed E-state index contributed by atoms with van der Waals surface area (Å²) in [5.74, 6) is 1.76. The molecule has 1 aliphatic carbocycles. The smallest absolute Gasteiger partial charge is 0.290 e. The molecule has 4 rings (SSSR count). The highest BCUT2D eigenvalue weighted by Crippen LogP contribution is 2.53. The standard InChI is InChI=1S/C21H26N6O2/c1-13-6-5-7-17(24-13)20-14(2)16(20)12-29-19-8-18(21(28)27(4)25-19)22-9-15-10-23-26(3)11-15/h5-8,10-11,14,16,20,22H,9,12H2,1-4H3. The quantitative estimate of drug-likeness (QED) is 0.661. The van der Waals surface area contributed by atoms with Crippen molar-refractivity contribution in [2.45, 2.75) is 26.3 Å². The van der Waals surface area contributed by atoms with Gasteiger partial charge in [0, 0.05) is 61.7 Å². The van der Waals surface area contributed by atoms with Crippen LogP contribution in [0.4, 0.5) is 5.69 Å². The predicted molar refractivity (Wildman–Crippen MR) is 110 cm³/mol. The van der Waals surface area contributed by atoms with Crippen molar-refractivity contribution in [2.24, 2.45) is 25.9 Å². The molecular weight excluding hydrogens is 368 g/mol. The first-order chi connectivity index (χ1) is 13.9. The van der Waals surface area contributed by atoms with E-state index < -0.39 is 0 Å². The summed E-state index contributed by atoms with van der Waals surface area (Å²) < 4.78 is 8.99. The Kier molecular flexibility index (Phi) is 5.08. The lowest BCUT2D eigenvalue weighted by molar-refractivity contribution is 0.273. The number of nitrogens with one attached hydrogen (secondary N) is 1. The van der Waals surface area contributed by atoms with Crippen molar-refractivity contribution in [2.75, 3.05) is 11.9 Å². The van der Waals surface area contributed by atoms with Crippen LogP contribution in [-0.4, -0.2) is 31.2 Å². The fraction of sp³-hybridized carbons (Fsp3) is 0.429. The Hall–Kier alpha value is -3.16. The molecule has 3 aromatic rings. The van der Waals surface area contributed by atoms with Gasteiger partial charge in [-0.2, -0.15) is 5.10 Å². The number of hydrogen-bond acceptors (Lipinski definition) is 6. The Labute approximate surface area is 169 Å². The van der Waals surface area contributed by atoms with Crippen molar-refractivity contribution in [1.82, 2.24) is 24.5 Å². The topological polar surface area (TPSA) is 86.9 Å². The predicted octanol–water partition coefficient (Wildman–Crippen LogP) is 2.26. The summed E-state index contributed by atoms with van der Waals surface area (Å²) in [6.45, 7) is 5.29. The molecule has 1 saturated carbocycles. The van der Waals surface area contributed by atoms with Gasteiger partial charge in [0.15, 0.2) is 0 Å². The lowest BCUT2D eigenvalue weighted by atomic mass is 10.2. The zero-order valence-corrected chi connectivity index (χ0v) is 17.2. The highest BCUT2D eigenvalue weighted by Gasteiger charge is 2.49. The molecule has 1 fully saturated rings. The van der Waals surface area contributed by atoms with E-state index in [1.54, 1.807) is 24.0 Å². The first-order valence-electron chi connectivity index (χ1n) is 9.78. The average Bonchev–Trinajstić information content (AvgIpc) is 3.14. The van der Waals surface area contributed by atoms with Crippen LogP contribution in [0.15, 0.2) is 41.5 Å². The van der Waals surface area contributed by atoms with Gasteiger partial charge in [-0.1, -0.05) is 13.0 Å². The number of ether oxygens (including phenoxy) is 1. The number of anilines is 1. The van der Waals surface area contributed by atoms with Gasteiger partial charge in [0.2, 0.25) is 5.88 Å². The molecule has 0 radical (unpaired) electrons. The Bertz CT molecular complexity index is 1070. The SMILES string of the molecule is Cc1cccc(C2C(C)C2COc2cc(NCc3cnn(C)c3)c(=O)n(C)n2)n1. The summed E-state index contributed by atoms with van der Waals surface area (Å²) in [6, 6.07) is 7.82. The van der Waals surface area contributed by atoms with Gasteiger partial charge < -0.3 is 10.1 Å². The Morgan fingerprint density at radius 1 is 1.28 bits per heavy atom. The van der Waals surface area contributed by atoms with Gasteiger partial charge in [-0.05, 0) is 25.0 Å². The Balaban J connectivity index is 1.41. The molecule has 152 valence electrons. The first kappa shape index (κ1) is 19.2. The van der Waals surface area contributed by atoms with Crippen molar-refractivity contribution < 1.29 is 4.74 Å². The fourth-order valence-electron chi connectivity index (χ4n) is 3.76. The first-order valence-corrected chi connectivity index (χ1v) is 9.78. The van der Waals surface area contributed by atoms with Crippen LogP contribution in [-0.2, 0) is 20.6 Å². The molecule has 0 bridgehead atoms. The van der Waals surface area contributed by atoms with Gasteiger partial charge in [-0.3, -0.25) is 14.5 Å². The molecule has 0 aliphatic heterocycles. The van der Waals surface area contributed by atoms with E-state index in [-0.39, 0.29) is 5.56 Å². The summed E-state index contributed by atoms with van der Waals surface area (Å²) in [4.78, 5) is 17.0. The molecule has 8 nitrogen and oxygen atoms in total. The lowest BCUT2D eigenvalue weighted by Crippen LogP contribution is -2.24. The normalized spacial score (nSPS) is 20.5. The monoisotopic (exact) mass is 394 g/mol. The minimum atomic E-state index is -0.192. The molecule has 3 aromatic heterocycles. The molecule has 8 heteroatoms. The van der Waals surface area contributed by atoms with Crippen LogP contribution in [0.25, 0.3) is 0 Å². The van der Waals surface area contributed by atoms with Crippen LogP contribution < -0.4 is 15.6 Å². The third kappa shape index (κ3) is 4.16. The Morgan fingerprint density at radius 2 is 2.10 bits per heavy atom. The molecule has 1 aliphatic rings. The third-order valence-corrected chi connectivity index (χ3v) is 5.52. The molecule has 0 aromatic carbocycles. The molecule has 3 heterocycles. The molecule has 0 spiro atoms. The molecule has 0 amide bonds. The third-order valence-electron chi connectivity index (χ3n) is 5.52. The van der Waals surface area contributed by atoms with Crippen molar-refractivity contribution in [3.05, 3.63) is 64.0 Å². The maximum atomic E-state index is 12.4. The van der Waals surface area contributed by atoms with E-state index in [0.717, 1.165) is 17.0 Å². The number of aromatic nitrogens is 5. The molecular formula is C21H26N6O2. The minimum Gasteiger partial charge on any atom is -0.476 e. The highest BCUT2D eigenvalue weighted by molar-refractivity contribution is 5.43. The van der Waals surface area contributed by atoms with E-state index in [0.29, 0.717) is 42.5 Å². The van der Waals surface area contributed by atoms with Gasteiger partial charge in [-0.15, -0.1) is 5.10 Å². The second kappa shape index (κ2) is 7.69. The van der Waals surface area contributed by atoms with E-state index in [1.807, 2.05) is 26.2 Å². The van der Waals surface area contributed by atoms with E-state index in [9.17, 15) is 4.79 Å². The largest absolute Gasteiger partial charge is 0.476 e. The molecule has 29 heavy (non-hydrogen) atoms. The number of rotatable bonds is 7. The second-order valence-electron chi connectivity index (χ2n) is 7.76. The summed E-state index contributed by atoms with van der Waals surface area (Å²) in [5, 5.41) is 11.5. The zero-order valence-electron chi connectivity index (χ0n) is 17.2. The maximum Gasteiger partial charge on any atom is 0.290 e.